The standard InChI is InChI=1S/C13H11ClO2/c1-10(16)4-5-12-9-13(14)7-6-11(12)3-2-8-15/h2-9H,1H3/b3-2+,5-4+. The van der Waals surface area contributed by atoms with Crippen molar-refractivity contribution in [2.75, 3.05) is 0 Å². The van der Waals surface area contributed by atoms with Crippen molar-refractivity contribution in [3.05, 3.63) is 46.5 Å². The lowest BCUT2D eigenvalue weighted by Crippen LogP contribution is -1.84. The molecule has 0 radical (unpaired) electrons. The lowest BCUT2D eigenvalue weighted by Gasteiger charge is -2.01. The van der Waals surface area contributed by atoms with E-state index in [0.717, 1.165) is 11.1 Å². The third kappa shape index (κ3) is 3.83. The molecule has 0 amide bonds. The second-order valence-electron chi connectivity index (χ2n) is 3.21. The van der Waals surface area contributed by atoms with Crippen LogP contribution in [0.4, 0.5) is 0 Å². The Morgan fingerprint density at radius 3 is 2.62 bits per heavy atom. The summed E-state index contributed by atoms with van der Waals surface area (Å²) in [5.41, 5.74) is 1.65. The first-order valence-electron chi connectivity index (χ1n) is 4.73. The molecule has 0 aliphatic carbocycles. The summed E-state index contributed by atoms with van der Waals surface area (Å²) in [5.74, 6) is -0.0368. The Labute approximate surface area is 99.2 Å². The van der Waals surface area contributed by atoms with Gasteiger partial charge in [0.15, 0.2) is 5.78 Å². The van der Waals surface area contributed by atoms with E-state index >= 15 is 0 Å². The number of allylic oxidation sites excluding steroid dienone is 2. The second kappa shape index (κ2) is 6.03. The zero-order valence-electron chi connectivity index (χ0n) is 8.81. The van der Waals surface area contributed by atoms with E-state index in [1.54, 1.807) is 30.4 Å². The van der Waals surface area contributed by atoms with E-state index in [-0.39, 0.29) is 5.78 Å². The first-order chi connectivity index (χ1) is 7.63. The van der Waals surface area contributed by atoms with Crippen molar-refractivity contribution in [1.82, 2.24) is 0 Å². The molecule has 0 N–H and O–H groups in total. The predicted molar refractivity (Wildman–Crippen MR) is 66.3 cm³/mol. The molecule has 1 aromatic rings. The molecule has 0 aliphatic heterocycles. The minimum absolute atomic E-state index is 0.0368. The van der Waals surface area contributed by atoms with Gasteiger partial charge in [0.05, 0.1) is 0 Å². The summed E-state index contributed by atoms with van der Waals surface area (Å²) in [6.45, 7) is 1.47. The Kier molecular flexibility index (Phi) is 4.67. The van der Waals surface area contributed by atoms with Crippen LogP contribution in [0.25, 0.3) is 12.2 Å². The maximum absolute atomic E-state index is 10.8. The van der Waals surface area contributed by atoms with E-state index in [0.29, 0.717) is 11.3 Å². The van der Waals surface area contributed by atoms with Crippen molar-refractivity contribution >= 4 is 35.8 Å². The highest BCUT2D eigenvalue weighted by molar-refractivity contribution is 6.30. The number of halogens is 1. The summed E-state index contributed by atoms with van der Waals surface area (Å²) in [5, 5.41) is 0.589. The molecular formula is C13H11ClO2. The van der Waals surface area contributed by atoms with Gasteiger partial charge in [0, 0.05) is 5.02 Å². The number of rotatable bonds is 4. The van der Waals surface area contributed by atoms with Crippen LogP contribution < -0.4 is 0 Å². The van der Waals surface area contributed by atoms with Crippen LogP contribution in [0.15, 0.2) is 30.4 Å². The van der Waals surface area contributed by atoms with Gasteiger partial charge in [-0.2, -0.15) is 0 Å². The lowest BCUT2D eigenvalue weighted by molar-refractivity contribution is -0.112. The fourth-order valence-electron chi connectivity index (χ4n) is 1.19. The normalized spacial score (nSPS) is 11.1. The molecule has 16 heavy (non-hydrogen) atoms. The van der Waals surface area contributed by atoms with Crippen LogP contribution in [-0.2, 0) is 9.59 Å². The molecule has 82 valence electrons. The number of aldehydes is 1. The molecule has 0 heterocycles. The van der Waals surface area contributed by atoms with Crippen molar-refractivity contribution in [3.8, 4) is 0 Å². The van der Waals surface area contributed by atoms with Gasteiger partial charge >= 0.3 is 0 Å². The molecule has 0 saturated heterocycles. The Hall–Kier alpha value is -1.67. The van der Waals surface area contributed by atoms with Crippen molar-refractivity contribution in [2.24, 2.45) is 0 Å². The highest BCUT2D eigenvalue weighted by atomic mass is 35.5. The molecule has 1 aromatic carbocycles. The summed E-state index contributed by atoms with van der Waals surface area (Å²) >= 11 is 5.85. The van der Waals surface area contributed by atoms with E-state index in [9.17, 15) is 9.59 Å². The largest absolute Gasteiger partial charge is 0.299 e. The third-order valence-electron chi connectivity index (χ3n) is 1.90. The summed E-state index contributed by atoms with van der Waals surface area (Å²) in [6, 6.07) is 5.27. The first kappa shape index (κ1) is 12.4. The van der Waals surface area contributed by atoms with Gasteiger partial charge in [0.1, 0.15) is 6.29 Å². The minimum Gasteiger partial charge on any atom is -0.299 e. The molecule has 0 fully saturated rings. The van der Waals surface area contributed by atoms with Crippen LogP contribution in [0.1, 0.15) is 18.1 Å². The van der Waals surface area contributed by atoms with Gasteiger partial charge in [-0.3, -0.25) is 9.59 Å². The van der Waals surface area contributed by atoms with Gasteiger partial charge in [-0.15, -0.1) is 0 Å². The van der Waals surface area contributed by atoms with Crippen LogP contribution in [-0.4, -0.2) is 12.1 Å². The SMILES string of the molecule is CC(=O)/C=C/c1cc(Cl)ccc1/C=C/C=O. The molecule has 0 atom stereocenters. The molecular weight excluding hydrogens is 224 g/mol. The average molecular weight is 235 g/mol. The van der Waals surface area contributed by atoms with Gasteiger partial charge in [0.25, 0.3) is 0 Å². The third-order valence-corrected chi connectivity index (χ3v) is 2.14. The number of ketones is 1. The molecule has 0 aromatic heterocycles. The molecule has 1 rings (SSSR count). The summed E-state index contributed by atoms with van der Waals surface area (Å²) < 4.78 is 0. The number of carbonyl (C=O) groups excluding carboxylic acids is 2. The maximum atomic E-state index is 10.8. The first-order valence-corrected chi connectivity index (χ1v) is 5.11. The van der Waals surface area contributed by atoms with Gasteiger partial charge in [-0.05, 0) is 42.3 Å². The zero-order valence-corrected chi connectivity index (χ0v) is 9.57. The van der Waals surface area contributed by atoms with Crippen LogP contribution in [0.2, 0.25) is 5.02 Å². The summed E-state index contributed by atoms with van der Waals surface area (Å²) in [4.78, 5) is 21.1. The van der Waals surface area contributed by atoms with Crippen molar-refractivity contribution in [1.29, 1.82) is 0 Å². The lowest BCUT2D eigenvalue weighted by atomic mass is 10.1. The number of carbonyl (C=O) groups is 2. The predicted octanol–water partition coefficient (Wildman–Crippen LogP) is 3.15. The number of benzene rings is 1. The number of hydrogen-bond acceptors (Lipinski definition) is 2. The topological polar surface area (TPSA) is 34.1 Å². The van der Waals surface area contributed by atoms with E-state index in [2.05, 4.69) is 0 Å². The molecule has 0 spiro atoms. The minimum atomic E-state index is -0.0368. The molecule has 0 bridgehead atoms. The van der Waals surface area contributed by atoms with E-state index in [1.807, 2.05) is 0 Å². The van der Waals surface area contributed by atoms with Crippen molar-refractivity contribution < 1.29 is 9.59 Å². The van der Waals surface area contributed by atoms with E-state index < -0.39 is 0 Å². The van der Waals surface area contributed by atoms with Crippen molar-refractivity contribution in [2.45, 2.75) is 6.92 Å². The Balaban J connectivity index is 3.12. The van der Waals surface area contributed by atoms with Gasteiger partial charge < -0.3 is 0 Å². The molecule has 0 unspecified atom stereocenters. The monoisotopic (exact) mass is 234 g/mol. The van der Waals surface area contributed by atoms with E-state index in [4.69, 9.17) is 11.6 Å². The van der Waals surface area contributed by atoms with Crippen LogP contribution in [0, 0.1) is 0 Å². The van der Waals surface area contributed by atoms with Crippen LogP contribution in [0.3, 0.4) is 0 Å². The summed E-state index contributed by atoms with van der Waals surface area (Å²) in [7, 11) is 0. The molecule has 0 aliphatic rings. The van der Waals surface area contributed by atoms with Crippen LogP contribution in [0.5, 0.6) is 0 Å². The van der Waals surface area contributed by atoms with Crippen LogP contribution >= 0.6 is 11.6 Å². The molecule has 0 saturated carbocycles. The maximum Gasteiger partial charge on any atom is 0.152 e. The van der Waals surface area contributed by atoms with Gasteiger partial charge in [-0.1, -0.05) is 29.8 Å². The van der Waals surface area contributed by atoms with Crippen molar-refractivity contribution in [3.63, 3.8) is 0 Å². The highest BCUT2D eigenvalue weighted by Crippen LogP contribution is 2.18. The summed E-state index contributed by atoms with van der Waals surface area (Å²) in [6.07, 6.45) is 6.91. The quantitative estimate of drug-likeness (QED) is 0.592. The fourth-order valence-corrected chi connectivity index (χ4v) is 1.37. The van der Waals surface area contributed by atoms with Gasteiger partial charge in [-0.25, -0.2) is 0 Å². The molecule has 3 heteroatoms. The Bertz CT molecular complexity index is 459. The fraction of sp³-hybridized carbons (Fsp3) is 0.0769. The van der Waals surface area contributed by atoms with E-state index in [1.165, 1.54) is 19.1 Å². The smallest absolute Gasteiger partial charge is 0.152 e. The Morgan fingerprint density at radius 2 is 2.00 bits per heavy atom. The zero-order chi connectivity index (χ0) is 12.0. The highest BCUT2D eigenvalue weighted by Gasteiger charge is 1.97. The van der Waals surface area contributed by atoms with Gasteiger partial charge in [0.2, 0.25) is 0 Å². The second-order valence-corrected chi connectivity index (χ2v) is 3.65. The Morgan fingerprint density at radius 1 is 1.25 bits per heavy atom. The average Bonchev–Trinajstić information content (AvgIpc) is 2.25. The number of hydrogen-bond donors (Lipinski definition) is 0. The molecule has 2 nitrogen and oxygen atoms in total.